The Kier molecular flexibility index (Phi) is 3.85. The number of fused-ring (bicyclic) bond motifs is 1. The van der Waals surface area contributed by atoms with Crippen molar-refractivity contribution >= 4 is 27.9 Å². The van der Waals surface area contributed by atoms with Crippen molar-refractivity contribution in [1.82, 2.24) is 19.8 Å². The highest BCUT2D eigenvalue weighted by Gasteiger charge is 2.17. The molecule has 4 nitrogen and oxygen atoms in total. The summed E-state index contributed by atoms with van der Waals surface area (Å²) in [5.74, 6) is 0.756. The molecule has 2 aromatic carbocycles. The van der Waals surface area contributed by atoms with E-state index in [0.717, 1.165) is 26.9 Å². The fourth-order valence-corrected chi connectivity index (χ4v) is 3.60. The highest BCUT2D eigenvalue weighted by atomic mass is 35.5. The third-order valence-electron chi connectivity index (χ3n) is 4.09. The fraction of sp³-hybridized carbons (Fsp3) is 0.211. The average Bonchev–Trinajstić information content (AvgIpc) is 3.15. The molecule has 2 heterocycles. The fourth-order valence-electron chi connectivity index (χ4n) is 2.63. The zero-order chi connectivity index (χ0) is 17.6. The molecule has 126 valence electrons. The van der Waals surface area contributed by atoms with Gasteiger partial charge in [0, 0.05) is 16.1 Å². The first-order chi connectivity index (χ1) is 11.9. The highest BCUT2D eigenvalue weighted by Crippen LogP contribution is 2.30. The number of benzene rings is 2. The van der Waals surface area contributed by atoms with Crippen LogP contribution in [0.4, 0.5) is 0 Å². The van der Waals surface area contributed by atoms with E-state index in [2.05, 4.69) is 60.3 Å². The Morgan fingerprint density at radius 2 is 1.52 bits per heavy atom. The maximum atomic E-state index is 5.96. The van der Waals surface area contributed by atoms with Crippen molar-refractivity contribution in [1.29, 1.82) is 0 Å². The molecule has 6 heteroatoms. The van der Waals surface area contributed by atoms with Crippen molar-refractivity contribution in [3.8, 4) is 22.0 Å². The van der Waals surface area contributed by atoms with Gasteiger partial charge in [-0.05, 0) is 23.1 Å². The number of hydrogen-bond acceptors (Lipinski definition) is 4. The molecule has 0 aliphatic heterocycles. The third-order valence-corrected chi connectivity index (χ3v) is 5.29. The lowest BCUT2D eigenvalue weighted by Gasteiger charge is -2.18. The molecule has 25 heavy (non-hydrogen) atoms. The minimum absolute atomic E-state index is 0.126. The molecule has 4 aromatic rings. The van der Waals surface area contributed by atoms with Gasteiger partial charge < -0.3 is 0 Å². The van der Waals surface area contributed by atoms with Crippen LogP contribution in [0.15, 0.2) is 48.5 Å². The molecule has 0 aliphatic carbocycles. The lowest BCUT2D eigenvalue weighted by atomic mass is 9.87. The van der Waals surface area contributed by atoms with Crippen LogP contribution in [-0.4, -0.2) is 19.8 Å². The first kappa shape index (κ1) is 16.2. The molecule has 0 amide bonds. The molecule has 4 rings (SSSR count). The largest absolute Gasteiger partial charge is 0.235 e. The van der Waals surface area contributed by atoms with Crippen molar-refractivity contribution in [3.63, 3.8) is 0 Å². The Morgan fingerprint density at radius 1 is 0.880 bits per heavy atom. The van der Waals surface area contributed by atoms with E-state index < -0.39 is 0 Å². The number of nitrogens with zero attached hydrogens (tertiary/aromatic N) is 4. The van der Waals surface area contributed by atoms with Gasteiger partial charge in [0.15, 0.2) is 5.82 Å². The second-order valence-electron chi connectivity index (χ2n) is 6.96. The van der Waals surface area contributed by atoms with Crippen molar-refractivity contribution in [2.75, 3.05) is 0 Å². The van der Waals surface area contributed by atoms with Crippen LogP contribution in [-0.2, 0) is 5.41 Å². The first-order valence-corrected chi connectivity index (χ1v) is 9.20. The molecule has 0 saturated carbocycles. The van der Waals surface area contributed by atoms with Crippen molar-refractivity contribution in [2.24, 2.45) is 0 Å². The lowest BCUT2D eigenvalue weighted by Crippen LogP contribution is -2.10. The van der Waals surface area contributed by atoms with Gasteiger partial charge in [-0.3, -0.25) is 0 Å². The van der Waals surface area contributed by atoms with Crippen LogP contribution in [0.1, 0.15) is 26.3 Å². The molecule has 2 aromatic heterocycles. The van der Waals surface area contributed by atoms with Gasteiger partial charge >= 0.3 is 0 Å². The number of halogens is 1. The van der Waals surface area contributed by atoms with Crippen molar-refractivity contribution < 1.29 is 0 Å². The summed E-state index contributed by atoms with van der Waals surface area (Å²) in [6.07, 6.45) is 0. The third kappa shape index (κ3) is 3.05. The Labute approximate surface area is 155 Å². The molecule has 0 atom stereocenters. The van der Waals surface area contributed by atoms with E-state index in [0.29, 0.717) is 5.02 Å². The predicted molar refractivity (Wildman–Crippen MR) is 103 cm³/mol. The first-order valence-electron chi connectivity index (χ1n) is 8.01. The summed E-state index contributed by atoms with van der Waals surface area (Å²) in [5, 5.41) is 14.9. The van der Waals surface area contributed by atoms with E-state index in [1.165, 1.54) is 16.9 Å². The van der Waals surface area contributed by atoms with Gasteiger partial charge in [0.25, 0.3) is 0 Å². The van der Waals surface area contributed by atoms with Crippen LogP contribution >= 0.6 is 22.9 Å². The standard InChI is InChI=1S/C19H17ClN4S/c1-19(2,3)14-8-4-12(5-9-14)16-21-22-18-24(16)23-17(25-18)13-6-10-15(20)11-7-13/h4-11H,1-3H3. The maximum absolute atomic E-state index is 5.96. The second-order valence-corrected chi connectivity index (χ2v) is 8.35. The molecule has 0 fully saturated rings. The minimum atomic E-state index is 0.126. The summed E-state index contributed by atoms with van der Waals surface area (Å²) in [6, 6.07) is 16.1. The monoisotopic (exact) mass is 368 g/mol. The van der Waals surface area contributed by atoms with Gasteiger partial charge in [-0.15, -0.1) is 10.2 Å². The summed E-state index contributed by atoms with van der Waals surface area (Å²) < 4.78 is 1.81. The summed E-state index contributed by atoms with van der Waals surface area (Å²) in [5.41, 5.74) is 3.45. The summed E-state index contributed by atoms with van der Waals surface area (Å²) in [4.78, 5) is 0.778. The van der Waals surface area contributed by atoms with E-state index >= 15 is 0 Å². The van der Waals surface area contributed by atoms with E-state index in [9.17, 15) is 0 Å². The van der Waals surface area contributed by atoms with Crippen LogP contribution in [0.3, 0.4) is 0 Å². The van der Waals surface area contributed by atoms with Gasteiger partial charge in [0.2, 0.25) is 4.96 Å². The zero-order valence-corrected chi connectivity index (χ0v) is 15.8. The molecular formula is C19H17ClN4S. The van der Waals surface area contributed by atoms with E-state index in [1.807, 2.05) is 24.3 Å². The molecule has 0 N–H and O–H groups in total. The summed E-state index contributed by atoms with van der Waals surface area (Å²) >= 11 is 7.48. The smallest absolute Gasteiger partial charge is 0.182 e. The Bertz CT molecular complexity index is 1020. The molecule has 0 aliphatic rings. The van der Waals surface area contributed by atoms with Crippen molar-refractivity contribution in [2.45, 2.75) is 26.2 Å². The molecule has 0 saturated heterocycles. The Balaban J connectivity index is 1.74. The summed E-state index contributed by atoms with van der Waals surface area (Å²) in [7, 11) is 0. The topological polar surface area (TPSA) is 43.1 Å². The van der Waals surface area contributed by atoms with Crippen LogP contribution in [0.25, 0.3) is 26.9 Å². The molecule has 0 bridgehead atoms. The molecule has 0 spiro atoms. The van der Waals surface area contributed by atoms with Crippen LogP contribution in [0.5, 0.6) is 0 Å². The maximum Gasteiger partial charge on any atom is 0.235 e. The second kappa shape index (κ2) is 5.93. The predicted octanol–water partition coefficient (Wildman–Crippen LogP) is 5.47. The van der Waals surface area contributed by atoms with Gasteiger partial charge in [-0.2, -0.15) is 9.61 Å². The number of hydrogen-bond donors (Lipinski definition) is 0. The van der Waals surface area contributed by atoms with Gasteiger partial charge in [-0.25, -0.2) is 0 Å². The van der Waals surface area contributed by atoms with E-state index in [4.69, 9.17) is 11.6 Å². The quantitative estimate of drug-likeness (QED) is 0.471. The number of aromatic nitrogens is 4. The van der Waals surface area contributed by atoms with E-state index in [1.54, 1.807) is 4.52 Å². The average molecular weight is 369 g/mol. The molecule has 0 radical (unpaired) electrons. The highest BCUT2D eigenvalue weighted by molar-refractivity contribution is 7.19. The van der Waals surface area contributed by atoms with Gasteiger partial charge in [-0.1, -0.05) is 80.1 Å². The van der Waals surface area contributed by atoms with Gasteiger partial charge in [0.1, 0.15) is 5.01 Å². The normalized spacial score (nSPS) is 12.0. The molecule has 0 unspecified atom stereocenters. The SMILES string of the molecule is CC(C)(C)c1ccc(-c2nnc3sc(-c4ccc(Cl)cc4)nn23)cc1. The minimum Gasteiger partial charge on any atom is -0.182 e. The van der Waals surface area contributed by atoms with Gasteiger partial charge in [0.05, 0.1) is 0 Å². The number of rotatable bonds is 2. The van der Waals surface area contributed by atoms with Crippen LogP contribution in [0, 0.1) is 0 Å². The Hall–Kier alpha value is -2.24. The van der Waals surface area contributed by atoms with E-state index in [-0.39, 0.29) is 5.41 Å². The summed E-state index contributed by atoms with van der Waals surface area (Å²) in [6.45, 7) is 6.61. The Morgan fingerprint density at radius 3 is 2.16 bits per heavy atom. The lowest BCUT2D eigenvalue weighted by molar-refractivity contribution is 0.590. The molecular weight excluding hydrogens is 352 g/mol. The van der Waals surface area contributed by atoms with Crippen molar-refractivity contribution in [3.05, 3.63) is 59.1 Å². The zero-order valence-electron chi connectivity index (χ0n) is 14.2. The van der Waals surface area contributed by atoms with Crippen LogP contribution in [0.2, 0.25) is 5.02 Å². The van der Waals surface area contributed by atoms with Crippen LogP contribution < -0.4 is 0 Å².